The van der Waals surface area contributed by atoms with Gasteiger partial charge in [-0.05, 0) is 12.1 Å². The molecule has 0 atom stereocenters. The Bertz CT molecular complexity index is 289. The Morgan fingerprint density at radius 2 is 1.64 bits per heavy atom. The van der Waals surface area contributed by atoms with Crippen LogP contribution >= 0.6 is 0 Å². The highest BCUT2D eigenvalue weighted by Gasteiger charge is 2.17. The Balaban J connectivity index is 2.12. The first-order chi connectivity index (χ1) is 6.77. The van der Waals surface area contributed by atoms with Gasteiger partial charge in [-0.25, -0.2) is 0 Å². The normalized spacial score (nSPS) is 17.3. The summed E-state index contributed by atoms with van der Waals surface area (Å²) in [6.45, 7) is 1.39. The molecule has 3 nitrogen and oxygen atoms in total. The summed E-state index contributed by atoms with van der Waals surface area (Å²) >= 11 is 0. The standard InChI is InChI=1S/C11H15NO2/c1-12(2)10-5-3-9(4-6-10)11-13-7-8-14-11/h3-6,11H,7-8H2,1-2H3. The highest BCUT2D eigenvalue weighted by molar-refractivity contribution is 5.46. The third-order valence-corrected chi connectivity index (χ3v) is 2.30. The molecular weight excluding hydrogens is 178 g/mol. The number of hydrogen-bond acceptors (Lipinski definition) is 3. The van der Waals surface area contributed by atoms with Crippen molar-refractivity contribution in [3.8, 4) is 0 Å². The number of ether oxygens (including phenoxy) is 2. The molecule has 1 aromatic rings. The van der Waals surface area contributed by atoms with Crippen molar-refractivity contribution < 1.29 is 9.47 Å². The van der Waals surface area contributed by atoms with Gasteiger partial charge >= 0.3 is 0 Å². The van der Waals surface area contributed by atoms with E-state index in [-0.39, 0.29) is 6.29 Å². The second-order valence-corrected chi connectivity index (χ2v) is 3.56. The molecule has 2 rings (SSSR count). The van der Waals surface area contributed by atoms with Gasteiger partial charge in [0.05, 0.1) is 13.2 Å². The molecule has 1 aromatic carbocycles. The molecule has 1 aliphatic heterocycles. The summed E-state index contributed by atoms with van der Waals surface area (Å²) in [5, 5.41) is 0. The van der Waals surface area contributed by atoms with E-state index in [1.54, 1.807) is 0 Å². The summed E-state index contributed by atoms with van der Waals surface area (Å²) in [5.74, 6) is 0. The van der Waals surface area contributed by atoms with Crippen molar-refractivity contribution in [2.24, 2.45) is 0 Å². The lowest BCUT2D eigenvalue weighted by atomic mass is 10.2. The fourth-order valence-electron chi connectivity index (χ4n) is 1.48. The predicted octanol–water partition coefficient (Wildman–Crippen LogP) is 1.80. The Kier molecular flexibility index (Phi) is 2.70. The third kappa shape index (κ3) is 1.89. The van der Waals surface area contributed by atoms with E-state index in [2.05, 4.69) is 17.0 Å². The van der Waals surface area contributed by atoms with E-state index >= 15 is 0 Å². The van der Waals surface area contributed by atoms with Crippen molar-refractivity contribution in [1.29, 1.82) is 0 Å². The van der Waals surface area contributed by atoms with E-state index in [1.807, 2.05) is 26.2 Å². The molecule has 0 saturated carbocycles. The molecule has 3 heteroatoms. The van der Waals surface area contributed by atoms with Crippen molar-refractivity contribution in [1.82, 2.24) is 0 Å². The molecule has 0 bridgehead atoms. The zero-order valence-electron chi connectivity index (χ0n) is 8.56. The highest BCUT2D eigenvalue weighted by Crippen LogP contribution is 2.24. The van der Waals surface area contributed by atoms with Gasteiger partial charge in [-0.2, -0.15) is 0 Å². The topological polar surface area (TPSA) is 21.7 Å². The van der Waals surface area contributed by atoms with Gasteiger partial charge < -0.3 is 14.4 Å². The summed E-state index contributed by atoms with van der Waals surface area (Å²) in [4.78, 5) is 2.07. The zero-order chi connectivity index (χ0) is 9.97. The van der Waals surface area contributed by atoms with Gasteiger partial charge in [0.1, 0.15) is 0 Å². The largest absolute Gasteiger partial charge is 0.378 e. The molecule has 0 N–H and O–H groups in total. The second-order valence-electron chi connectivity index (χ2n) is 3.56. The van der Waals surface area contributed by atoms with E-state index in [0.29, 0.717) is 13.2 Å². The minimum Gasteiger partial charge on any atom is -0.378 e. The minimum absolute atomic E-state index is 0.161. The van der Waals surface area contributed by atoms with Crippen LogP contribution in [0, 0.1) is 0 Å². The highest BCUT2D eigenvalue weighted by atomic mass is 16.7. The quantitative estimate of drug-likeness (QED) is 0.715. The Hall–Kier alpha value is -1.06. The molecule has 1 saturated heterocycles. The van der Waals surface area contributed by atoms with Crippen molar-refractivity contribution >= 4 is 5.69 Å². The smallest absolute Gasteiger partial charge is 0.184 e. The van der Waals surface area contributed by atoms with Crippen LogP contribution in [-0.4, -0.2) is 27.3 Å². The summed E-state index contributed by atoms with van der Waals surface area (Å²) in [6.07, 6.45) is -0.161. The molecule has 14 heavy (non-hydrogen) atoms. The average molecular weight is 193 g/mol. The summed E-state index contributed by atoms with van der Waals surface area (Å²) in [5.41, 5.74) is 2.28. The summed E-state index contributed by atoms with van der Waals surface area (Å²) in [6, 6.07) is 8.23. The molecule has 1 aliphatic rings. The van der Waals surface area contributed by atoms with Gasteiger partial charge in [0.15, 0.2) is 6.29 Å². The SMILES string of the molecule is CN(C)c1ccc(C2OCCO2)cc1. The fourth-order valence-corrected chi connectivity index (χ4v) is 1.48. The van der Waals surface area contributed by atoms with Crippen LogP contribution in [0.1, 0.15) is 11.9 Å². The van der Waals surface area contributed by atoms with E-state index in [0.717, 1.165) is 5.56 Å². The number of hydrogen-bond donors (Lipinski definition) is 0. The van der Waals surface area contributed by atoms with Crippen LogP contribution < -0.4 is 4.90 Å². The van der Waals surface area contributed by atoms with E-state index in [4.69, 9.17) is 9.47 Å². The molecule has 76 valence electrons. The van der Waals surface area contributed by atoms with Crippen molar-refractivity contribution in [2.75, 3.05) is 32.2 Å². The fraction of sp³-hybridized carbons (Fsp3) is 0.455. The molecule has 0 radical (unpaired) electrons. The Morgan fingerprint density at radius 1 is 1.07 bits per heavy atom. The molecule has 1 heterocycles. The molecule has 0 aliphatic carbocycles. The monoisotopic (exact) mass is 193 g/mol. The summed E-state index contributed by atoms with van der Waals surface area (Å²) in [7, 11) is 4.05. The van der Waals surface area contributed by atoms with Crippen LogP contribution in [0.15, 0.2) is 24.3 Å². The number of rotatable bonds is 2. The lowest BCUT2D eigenvalue weighted by Gasteiger charge is -2.14. The molecule has 1 fully saturated rings. The third-order valence-electron chi connectivity index (χ3n) is 2.30. The number of nitrogens with zero attached hydrogens (tertiary/aromatic N) is 1. The molecule has 0 amide bonds. The Morgan fingerprint density at radius 3 is 2.14 bits per heavy atom. The maximum atomic E-state index is 5.40. The lowest BCUT2D eigenvalue weighted by molar-refractivity contribution is -0.0441. The number of benzene rings is 1. The van der Waals surface area contributed by atoms with Crippen LogP contribution in [0.3, 0.4) is 0 Å². The van der Waals surface area contributed by atoms with Gasteiger partial charge in [0.2, 0.25) is 0 Å². The van der Waals surface area contributed by atoms with Crippen LogP contribution in [0.2, 0.25) is 0 Å². The first kappa shape index (κ1) is 9.49. The minimum atomic E-state index is -0.161. The van der Waals surface area contributed by atoms with Crippen molar-refractivity contribution in [3.05, 3.63) is 29.8 Å². The molecule has 0 unspecified atom stereocenters. The average Bonchev–Trinajstić information content (AvgIpc) is 2.71. The van der Waals surface area contributed by atoms with Gasteiger partial charge in [-0.3, -0.25) is 0 Å². The molecule has 0 spiro atoms. The van der Waals surface area contributed by atoms with Crippen molar-refractivity contribution in [3.63, 3.8) is 0 Å². The second kappa shape index (κ2) is 3.98. The van der Waals surface area contributed by atoms with Gasteiger partial charge in [-0.1, -0.05) is 12.1 Å². The summed E-state index contributed by atoms with van der Waals surface area (Å²) < 4.78 is 10.8. The van der Waals surface area contributed by atoms with Gasteiger partial charge in [0, 0.05) is 25.3 Å². The number of anilines is 1. The lowest BCUT2D eigenvalue weighted by Crippen LogP contribution is -2.08. The van der Waals surface area contributed by atoms with E-state index < -0.39 is 0 Å². The predicted molar refractivity (Wildman–Crippen MR) is 55.4 cm³/mol. The molecular formula is C11H15NO2. The first-order valence-corrected chi connectivity index (χ1v) is 4.78. The maximum absolute atomic E-state index is 5.40. The van der Waals surface area contributed by atoms with Crippen LogP contribution in [0.25, 0.3) is 0 Å². The van der Waals surface area contributed by atoms with Crippen LogP contribution in [0.4, 0.5) is 5.69 Å². The van der Waals surface area contributed by atoms with E-state index in [1.165, 1.54) is 5.69 Å². The van der Waals surface area contributed by atoms with Crippen molar-refractivity contribution in [2.45, 2.75) is 6.29 Å². The van der Waals surface area contributed by atoms with Gasteiger partial charge in [-0.15, -0.1) is 0 Å². The van der Waals surface area contributed by atoms with Gasteiger partial charge in [0.25, 0.3) is 0 Å². The Labute approximate surface area is 84.2 Å². The zero-order valence-corrected chi connectivity index (χ0v) is 8.56. The molecule has 0 aromatic heterocycles. The van der Waals surface area contributed by atoms with Crippen LogP contribution in [-0.2, 0) is 9.47 Å². The van der Waals surface area contributed by atoms with Crippen LogP contribution in [0.5, 0.6) is 0 Å². The van der Waals surface area contributed by atoms with E-state index in [9.17, 15) is 0 Å². The first-order valence-electron chi connectivity index (χ1n) is 4.78. The maximum Gasteiger partial charge on any atom is 0.184 e.